The van der Waals surface area contributed by atoms with Crippen LogP contribution in [0.15, 0.2) is 0 Å². The Labute approximate surface area is 83.8 Å². The molecule has 14 heavy (non-hydrogen) atoms. The van der Waals surface area contributed by atoms with Gasteiger partial charge < -0.3 is 9.84 Å². The molecule has 2 aliphatic heterocycles. The molecular weight excluding hydrogens is 182 g/mol. The van der Waals surface area contributed by atoms with Crippen LogP contribution in [-0.4, -0.2) is 47.3 Å². The predicted octanol–water partition coefficient (Wildman–Crippen LogP) is 0.570. The lowest BCUT2D eigenvalue weighted by Crippen LogP contribution is -2.55. The van der Waals surface area contributed by atoms with Crippen LogP contribution in [0.3, 0.4) is 0 Å². The van der Waals surface area contributed by atoms with Gasteiger partial charge in [-0.1, -0.05) is 0 Å². The van der Waals surface area contributed by atoms with Crippen molar-refractivity contribution in [2.75, 3.05) is 19.7 Å². The second-order valence-electron chi connectivity index (χ2n) is 4.92. The number of carboxylic acid groups (broad SMARTS) is 1. The fourth-order valence-electron chi connectivity index (χ4n) is 2.21. The number of hydrogen-bond acceptors (Lipinski definition) is 3. The second-order valence-corrected chi connectivity index (χ2v) is 4.92. The molecular formula is C10H17NO3. The summed E-state index contributed by atoms with van der Waals surface area (Å²) in [6.45, 7) is 6.31. The third-order valence-electron chi connectivity index (χ3n) is 3.17. The van der Waals surface area contributed by atoms with Crippen LogP contribution in [0.25, 0.3) is 0 Å². The maximum absolute atomic E-state index is 10.6. The molecule has 0 spiro atoms. The zero-order valence-corrected chi connectivity index (χ0v) is 8.69. The monoisotopic (exact) mass is 199 g/mol. The molecule has 4 nitrogen and oxygen atoms in total. The Balaban J connectivity index is 1.81. The molecule has 0 aromatic heterocycles. The highest BCUT2D eigenvalue weighted by atomic mass is 16.5. The van der Waals surface area contributed by atoms with E-state index in [4.69, 9.17) is 9.84 Å². The Morgan fingerprint density at radius 2 is 2.14 bits per heavy atom. The maximum atomic E-state index is 10.6. The summed E-state index contributed by atoms with van der Waals surface area (Å²) in [5, 5.41) is 8.74. The molecule has 1 N–H and O–H groups in total. The summed E-state index contributed by atoms with van der Waals surface area (Å²) in [5.41, 5.74) is -0.0288. The molecule has 2 saturated heterocycles. The Kier molecular flexibility index (Phi) is 2.27. The van der Waals surface area contributed by atoms with Gasteiger partial charge in [0.2, 0.25) is 0 Å². The van der Waals surface area contributed by atoms with Gasteiger partial charge in [-0.15, -0.1) is 0 Å². The normalized spacial score (nSPS) is 32.9. The summed E-state index contributed by atoms with van der Waals surface area (Å²) < 4.78 is 5.62. The van der Waals surface area contributed by atoms with E-state index < -0.39 is 5.97 Å². The summed E-state index contributed by atoms with van der Waals surface area (Å²) in [7, 11) is 0. The van der Waals surface area contributed by atoms with Crippen LogP contribution < -0.4 is 0 Å². The molecule has 0 radical (unpaired) electrons. The lowest BCUT2D eigenvalue weighted by Gasteiger charge is -2.40. The smallest absolute Gasteiger partial charge is 0.309 e. The number of rotatable bonds is 2. The van der Waals surface area contributed by atoms with E-state index in [2.05, 4.69) is 18.7 Å². The number of carbonyl (C=O) groups is 1. The van der Waals surface area contributed by atoms with Crippen molar-refractivity contribution in [1.82, 2.24) is 4.90 Å². The molecule has 2 heterocycles. The zero-order valence-electron chi connectivity index (χ0n) is 8.69. The van der Waals surface area contributed by atoms with Crippen LogP contribution in [0.5, 0.6) is 0 Å². The third kappa shape index (κ3) is 1.77. The maximum Gasteiger partial charge on any atom is 0.309 e. The van der Waals surface area contributed by atoms with Crippen LogP contribution in [0.1, 0.15) is 20.3 Å². The Bertz CT molecular complexity index is 246. The Morgan fingerprint density at radius 1 is 1.50 bits per heavy atom. The molecule has 2 aliphatic rings. The predicted molar refractivity (Wildman–Crippen MR) is 51.1 cm³/mol. The number of carboxylic acids is 1. The Hall–Kier alpha value is -0.610. The van der Waals surface area contributed by atoms with E-state index in [1.807, 2.05) is 0 Å². The fraction of sp³-hybridized carbons (Fsp3) is 0.900. The average Bonchev–Trinajstić information content (AvgIpc) is 2.26. The molecule has 0 amide bonds. The van der Waals surface area contributed by atoms with Crippen molar-refractivity contribution in [3.8, 4) is 0 Å². The lowest BCUT2D eigenvalue weighted by atomic mass is 9.94. The molecule has 0 saturated carbocycles. The molecule has 0 aliphatic carbocycles. The van der Waals surface area contributed by atoms with E-state index in [1.54, 1.807) is 0 Å². The van der Waals surface area contributed by atoms with Crippen molar-refractivity contribution >= 4 is 5.97 Å². The first-order chi connectivity index (χ1) is 6.48. The van der Waals surface area contributed by atoms with Crippen molar-refractivity contribution in [3.05, 3.63) is 0 Å². The van der Waals surface area contributed by atoms with Gasteiger partial charge in [0.1, 0.15) is 0 Å². The van der Waals surface area contributed by atoms with Gasteiger partial charge in [0.15, 0.2) is 0 Å². The highest BCUT2D eigenvalue weighted by Crippen LogP contribution is 2.31. The first-order valence-electron chi connectivity index (χ1n) is 5.09. The first-order valence-corrected chi connectivity index (χ1v) is 5.09. The molecule has 80 valence electrons. The van der Waals surface area contributed by atoms with E-state index in [9.17, 15) is 4.79 Å². The summed E-state index contributed by atoms with van der Waals surface area (Å²) in [6.07, 6.45) is 1.01. The first kappa shape index (κ1) is 9.93. The van der Waals surface area contributed by atoms with Crippen LogP contribution in [-0.2, 0) is 9.53 Å². The number of likely N-dealkylation sites (tertiary alicyclic amines) is 1. The third-order valence-corrected chi connectivity index (χ3v) is 3.17. The quantitative estimate of drug-likeness (QED) is 0.706. The average molecular weight is 199 g/mol. The van der Waals surface area contributed by atoms with E-state index in [0.717, 1.165) is 13.0 Å². The molecule has 0 bridgehead atoms. The number of aliphatic carboxylic acids is 1. The van der Waals surface area contributed by atoms with Gasteiger partial charge >= 0.3 is 5.97 Å². The van der Waals surface area contributed by atoms with Crippen LogP contribution in [0.4, 0.5) is 0 Å². The van der Waals surface area contributed by atoms with Crippen molar-refractivity contribution in [2.24, 2.45) is 5.92 Å². The summed E-state index contributed by atoms with van der Waals surface area (Å²) in [6, 6.07) is 0.431. The van der Waals surface area contributed by atoms with E-state index in [1.165, 1.54) is 0 Å². The Morgan fingerprint density at radius 3 is 2.57 bits per heavy atom. The van der Waals surface area contributed by atoms with E-state index in [-0.39, 0.29) is 11.5 Å². The fourth-order valence-corrected chi connectivity index (χ4v) is 2.21. The minimum absolute atomic E-state index is 0.0288. The lowest BCUT2D eigenvalue weighted by molar-refractivity contribution is -0.148. The standard InChI is InChI=1S/C10H17NO3/c1-10(2)3-8(6-14-10)11-4-7(5-11)9(12)13/h7-8H,3-6H2,1-2H3,(H,12,13). The second kappa shape index (κ2) is 3.21. The van der Waals surface area contributed by atoms with Crippen molar-refractivity contribution in [2.45, 2.75) is 31.9 Å². The van der Waals surface area contributed by atoms with Crippen LogP contribution >= 0.6 is 0 Å². The van der Waals surface area contributed by atoms with Gasteiger partial charge in [0.25, 0.3) is 0 Å². The van der Waals surface area contributed by atoms with Gasteiger partial charge in [-0.05, 0) is 20.3 Å². The summed E-state index contributed by atoms with van der Waals surface area (Å²) in [5.74, 6) is -0.821. The molecule has 0 aromatic rings. The topological polar surface area (TPSA) is 49.8 Å². The van der Waals surface area contributed by atoms with Gasteiger partial charge in [-0.25, -0.2) is 0 Å². The zero-order chi connectivity index (χ0) is 10.3. The van der Waals surface area contributed by atoms with Crippen LogP contribution in [0, 0.1) is 5.92 Å². The largest absolute Gasteiger partial charge is 0.481 e. The van der Waals surface area contributed by atoms with Crippen molar-refractivity contribution < 1.29 is 14.6 Å². The van der Waals surface area contributed by atoms with Crippen molar-refractivity contribution in [3.63, 3.8) is 0 Å². The van der Waals surface area contributed by atoms with Gasteiger partial charge in [0.05, 0.1) is 18.1 Å². The molecule has 2 fully saturated rings. The number of nitrogens with zero attached hydrogens (tertiary/aromatic N) is 1. The number of ether oxygens (including phenoxy) is 1. The molecule has 2 rings (SSSR count). The van der Waals surface area contributed by atoms with Gasteiger partial charge in [-0.2, -0.15) is 0 Å². The van der Waals surface area contributed by atoms with Gasteiger partial charge in [-0.3, -0.25) is 9.69 Å². The molecule has 0 aromatic carbocycles. The van der Waals surface area contributed by atoms with Crippen LogP contribution in [0.2, 0.25) is 0 Å². The summed E-state index contributed by atoms with van der Waals surface area (Å²) in [4.78, 5) is 12.8. The van der Waals surface area contributed by atoms with E-state index in [0.29, 0.717) is 19.1 Å². The molecule has 1 atom stereocenters. The highest BCUT2D eigenvalue weighted by Gasteiger charge is 2.42. The van der Waals surface area contributed by atoms with Gasteiger partial charge in [0, 0.05) is 19.1 Å². The SMILES string of the molecule is CC1(C)CC(N2CC(C(=O)O)C2)CO1. The minimum Gasteiger partial charge on any atom is -0.481 e. The molecule has 4 heteroatoms. The van der Waals surface area contributed by atoms with E-state index >= 15 is 0 Å². The highest BCUT2D eigenvalue weighted by molar-refractivity contribution is 5.71. The summed E-state index contributed by atoms with van der Waals surface area (Å²) >= 11 is 0. The molecule has 1 unspecified atom stereocenters. The number of hydrogen-bond donors (Lipinski definition) is 1. The van der Waals surface area contributed by atoms with Crippen molar-refractivity contribution in [1.29, 1.82) is 0 Å². The minimum atomic E-state index is -0.667.